The monoisotopic (exact) mass is 448 g/mol. The summed E-state index contributed by atoms with van der Waals surface area (Å²) in [7, 11) is 1.62. The molecular formula is C25H28N4O4. The van der Waals surface area contributed by atoms with Crippen LogP contribution in [0.2, 0.25) is 0 Å². The van der Waals surface area contributed by atoms with E-state index in [2.05, 4.69) is 20.8 Å². The standard InChI is InChI=1S/C25H28N4O4/c1-16(17-8-12-20(13-9-17)27-25(31)19-6-7-19)26-22(30)4-3-5-23-28-24(29-33-23)18-10-14-21(32-2)15-11-18/h8-16,19H,3-7H2,1-2H3,(H,26,30)(H,27,31). The molecular weight excluding hydrogens is 420 g/mol. The Labute approximate surface area is 192 Å². The summed E-state index contributed by atoms with van der Waals surface area (Å²) in [4.78, 5) is 28.6. The molecule has 1 fully saturated rings. The van der Waals surface area contributed by atoms with Crippen molar-refractivity contribution in [2.75, 3.05) is 12.4 Å². The highest BCUT2D eigenvalue weighted by Crippen LogP contribution is 2.30. The lowest BCUT2D eigenvalue weighted by atomic mass is 10.1. The molecule has 2 aromatic carbocycles. The Morgan fingerprint density at radius 1 is 1.12 bits per heavy atom. The number of carbonyl (C=O) groups is 2. The molecule has 0 saturated heterocycles. The maximum absolute atomic E-state index is 12.4. The van der Waals surface area contributed by atoms with Gasteiger partial charge in [-0.2, -0.15) is 4.98 Å². The Hall–Kier alpha value is -3.68. The van der Waals surface area contributed by atoms with Crippen LogP contribution in [0.25, 0.3) is 11.4 Å². The van der Waals surface area contributed by atoms with Gasteiger partial charge in [-0.25, -0.2) is 0 Å². The van der Waals surface area contributed by atoms with E-state index in [-0.39, 0.29) is 23.8 Å². The van der Waals surface area contributed by atoms with Crippen molar-refractivity contribution in [2.45, 2.75) is 45.1 Å². The molecule has 1 heterocycles. The van der Waals surface area contributed by atoms with E-state index < -0.39 is 0 Å². The number of hydrogen-bond donors (Lipinski definition) is 2. The minimum Gasteiger partial charge on any atom is -0.497 e. The zero-order valence-corrected chi connectivity index (χ0v) is 18.8. The normalized spacial score (nSPS) is 13.9. The van der Waals surface area contributed by atoms with Gasteiger partial charge in [0.1, 0.15) is 5.75 Å². The second kappa shape index (κ2) is 10.3. The van der Waals surface area contributed by atoms with Crippen LogP contribution in [0.1, 0.15) is 50.1 Å². The molecule has 1 atom stereocenters. The molecule has 2 amide bonds. The number of amides is 2. The smallest absolute Gasteiger partial charge is 0.227 e. The maximum Gasteiger partial charge on any atom is 0.227 e. The Morgan fingerprint density at radius 2 is 1.85 bits per heavy atom. The quantitative estimate of drug-likeness (QED) is 0.479. The number of aryl methyl sites for hydroxylation is 1. The Kier molecular flexibility index (Phi) is 7.02. The highest BCUT2D eigenvalue weighted by atomic mass is 16.5. The van der Waals surface area contributed by atoms with E-state index in [9.17, 15) is 9.59 Å². The van der Waals surface area contributed by atoms with Crippen molar-refractivity contribution in [1.29, 1.82) is 0 Å². The van der Waals surface area contributed by atoms with Crippen molar-refractivity contribution in [3.8, 4) is 17.1 Å². The molecule has 0 bridgehead atoms. The molecule has 1 aromatic heterocycles. The van der Waals surface area contributed by atoms with Gasteiger partial charge in [0.25, 0.3) is 0 Å². The number of carbonyl (C=O) groups excluding carboxylic acids is 2. The van der Waals surface area contributed by atoms with Crippen molar-refractivity contribution < 1.29 is 18.8 Å². The predicted molar refractivity (Wildman–Crippen MR) is 124 cm³/mol. The van der Waals surface area contributed by atoms with Gasteiger partial charge in [-0.15, -0.1) is 0 Å². The van der Waals surface area contributed by atoms with Gasteiger partial charge in [-0.3, -0.25) is 9.59 Å². The molecule has 0 spiro atoms. The molecule has 0 radical (unpaired) electrons. The number of ether oxygens (including phenoxy) is 1. The molecule has 0 aliphatic heterocycles. The molecule has 1 aliphatic carbocycles. The van der Waals surface area contributed by atoms with E-state index >= 15 is 0 Å². The van der Waals surface area contributed by atoms with Gasteiger partial charge >= 0.3 is 0 Å². The number of anilines is 1. The van der Waals surface area contributed by atoms with Crippen LogP contribution in [0, 0.1) is 5.92 Å². The number of nitrogens with one attached hydrogen (secondary N) is 2. The molecule has 1 unspecified atom stereocenters. The van der Waals surface area contributed by atoms with E-state index in [1.165, 1.54) is 0 Å². The van der Waals surface area contributed by atoms with Crippen molar-refractivity contribution in [3.63, 3.8) is 0 Å². The average Bonchev–Trinajstić information content (AvgIpc) is 3.58. The van der Waals surface area contributed by atoms with E-state index in [0.29, 0.717) is 31.0 Å². The number of methoxy groups -OCH3 is 1. The minimum absolute atomic E-state index is 0.0384. The van der Waals surface area contributed by atoms with Crippen molar-refractivity contribution in [1.82, 2.24) is 15.5 Å². The number of nitrogens with zero attached hydrogens (tertiary/aromatic N) is 2. The maximum atomic E-state index is 12.4. The van der Waals surface area contributed by atoms with Crippen LogP contribution in [0.15, 0.2) is 53.1 Å². The van der Waals surface area contributed by atoms with Crippen LogP contribution in [0.3, 0.4) is 0 Å². The van der Waals surface area contributed by atoms with Crippen molar-refractivity contribution in [2.24, 2.45) is 5.92 Å². The third-order valence-electron chi connectivity index (χ3n) is 5.61. The van der Waals surface area contributed by atoms with Gasteiger partial charge < -0.3 is 19.9 Å². The molecule has 172 valence electrons. The summed E-state index contributed by atoms with van der Waals surface area (Å²) < 4.78 is 10.5. The molecule has 8 heteroatoms. The molecule has 2 N–H and O–H groups in total. The summed E-state index contributed by atoms with van der Waals surface area (Å²) in [6.45, 7) is 1.94. The number of hydrogen-bond acceptors (Lipinski definition) is 6. The van der Waals surface area contributed by atoms with E-state index in [1.807, 2.05) is 55.5 Å². The highest BCUT2D eigenvalue weighted by Gasteiger charge is 2.29. The van der Waals surface area contributed by atoms with Crippen LogP contribution < -0.4 is 15.4 Å². The number of benzene rings is 2. The molecule has 1 saturated carbocycles. The van der Waals surface area contributed by atoms with Crippen LogP contribution in [-0.2, 0) is 16.0 Å². The van der Waals surface area contributed by atoms with E-state index in [4.69, 9.17) is 9.26 Å². The molecule has 3 aromatic rings. The lowest BCUT2D eigenvalue weighted by Crippen LogP contribution is -2.26. The van der Waals surface area contributed by atoms with Crippen molar-refractivity contribution in [3.05, 3.63) is 60.0 Å². The summed E-state index contributed by atoms with van der Waals surface area (Å²) in [5.41, 5.74) is 2.60. The lowest BCUT2D eigenvalue weighted by molar-refractivity contribution is -0.122. The van der Waals surface area contributed by atoms with Gasteiger partial charge in [-0.1, -0.05) is 17.3 Å². The van der Waals surface area contributed by atoms with Crippen LogP contribution in [0.5, 0.6) is 5.75 Å². The topological polar surface area (TPSA) is 106 Å². The minimum atomic E-state index is -0.129. The largest absolute Gasteiger partial charge is 0.497 e. The fourth-order valence-corrected chi connectivity index (χ4v) is 3.46. The first-order valence-electron chi connectivity index (χ1n) is 11.2. The Bertz CT molecular complexity index is 1090. The fourth-order valence-electron chi connectivity index (χ4n) is 3.46. The third kappa shape index (κ3) is 6.19. The van der Waals surface area contributed by atoms with E-state index in [1.54, 1.807) is 7.11 Å². The Morgan fingerprint density at radius 3 is 2.52 bits per heavy atom. The second-order valence-corrected chi connectivity index (χ2v) is 8.27. The molecule has 1 aliphatic rings. The third-order valence-corrected chi connectivity index (χ3v) is 5.61. The molecule has 8 nitrogen and oxygen atoms in total. The first kappa shape index (κ1) is 22.5. The van der Waals surface area contributed by atoms with Gasteiger partial charge in [0, 0.05) is 30.0 Å². The fraction of sp³-hybridized carbons (Fsp3) is 0.360. The second-order valence-electron chi connectivity index (χ2n) is 8.27. The predicted octanol–water partition coefficient (Wildman–Crippen LogP) is 4.29. The van der Waals surface area contributed by atoms with Gasteiger partial charge in [0.15, 0.2) is 0 Å². The van der Waals surface area contributed by atoms with E-state index in [0.717, 1.165) is 35.4 Å². The van der Waals surface area contributed by atoms with Crippen molar-refractivity contribution >= 4 is 17.5 Å². The van der Waals surface area contributed by atoms with Crippen LogP contribution in [-0.4, -0.2) is 29.1 Å². The van der Waals surface area contributed by atoms with Gasteiger partial charge in [0.05, 0.1) is 13.2 Å². The summed E-state index contributed by atoms with van der Waals surface area (Å²) in [5, 5.41) is 9.94. The summed E-state index contributed by atoms with van der Waals surface area (Å²) in [5.74, 6) is 2.00. The summed E-state index contributed by atoms with van der Waals surface area (Å²) >= 11 is 0. The average molecular weight is 449 g/mol. The number of aromatic nitrogens is 2. The van der Waals surface area contributed by atoms with Gasteiger partial charge in [-0.05, 0) is 68.1 Å². The SMILES string of the molecule is COc1ccc(-c2noc(CCCC(=O)NC(C)c3ccc(NC(=O)C4CC4)cc3)n2)cc1. The Balaban J connectivity index is 1.20. The molecule has 4 rings (SSSR count). The zero-order valence-electron chi connectivity index (χ0n) is 18.8. The number of rotatable bonds is 10. The zero-order chi connectivity index (χ0) is 23.2. The van der Waals surface area contributed by atoms with Crippen LogP contribution in [0.4, 0.5) is 5.69 Å². The first-order valence-corrected chi connectivity index (χ1v) is 11.2. The summed E-state index contributed by atoms with van der Waals surface area (Å²) in [6, 6.07) is 14.9. The summed E-state index contributed by atoms with van der Waals surface area (Å²) in [6.07, 6.45) is 3.45. The highest BCUT2D eigenvalue weighted by molar-refractivity contribution is 5.94. The van der Waals surface area contributed by atoms with Crippen LogP contribution >= 0.6 is 0 Å². The lowest BCUT2D eigenvalue weighted by Gasteiger charge is -2.15. The molecule has 33 heavy (non-hydrogen) atoms. The first-order chi connectivity index (χ1) is 16.0. The van der Waals surface area contributed by atoms with Gasteiger partial charge in [0.2, 0.25) is 23.5 Å².